The predicted octanol–water partition coefficient (Wildman–Crippen LogP) is 25.1. The average Bonchev–Trinajstić information content (AvgIpc) is 0.915. The summed E-state index contributed by atoms with van der Waals surface area (Å²) in [5.41, 5.74) is 0. The summed E-state index contributed by atoms with van der Waals surface area (Å²) in [7, 11) is -9.92. The lowest BCUT2D eigenvalue weighted by Crippen LogP contribution is -2.30. The average molecular weight is 1490 g/mol. The molecule has 0 amide bonds. The molecule has 0 aromatic carbocycles. The van der Waals surface area contributed by atoms with Crippen LogP contribution in [0.15, 0.2) is 0 Å². The Hall–Kier alpha value is -1.94. The molecule has 102 heavy (non-hydrogen) atoms. The van der Waals surface area contributed by atoms with Crippen LogP contribution in [-0.4, -0.2) is 96.7 Å². The van der Waals surface area contributed by atoms with E-state index in [-0.39, 0.29) is 25.7 Å². The number of aliphatic hydroxyl groups is 1. The Morgan fingerprint density at radius 3 is 0.667 bits per heavy atom. The lowest BCUT2D eigenvalue weighted by molar-refractivity contribution is -0.161. The van der Waals surface area contributed by atoms with Crippen molar-refractivity contribution >= 4 is 39.5 Å². The zero-order valence-corrected chi connectivity index (χ0v) is 68.7. The van der Waals surface area contributed by atoms with Crippen LogP contribution < -0.4 is 0 Å². The summed E-state index contributed by atoms with van der Waals surface area (Å²) in [6.45, 7) is 9.63. The smallest absolute Gasteiger partial charge is 0.462 e. The third kappa shape index (κ3) is 76.3. The second-order valence-electron chi connectivity index (χ2n) is 30.8. The zero-order chi connectivity index (χ0) is 74.9. The van der Waals surface area contributed by atoms with E-state index in [0.29, 0.717) is 31.6 Å². The highest BCUT2D eigenvalue weighted by Gasteiger charge is 2.30. The van der Waals surface area contributed by atoms with Crippen molar-refractivity contribution in [2.75, 3.05) is 39.6 Å². The molecular weight excluding hydrogens is 1330 g/mol. The molecule has 3 N–H and O–H groups in total. The molecule has 5 atom stereocenters. The molecule has 17 nitrogen and oxygen atoms in total. The Morgan fingerprint density at radius 2 is 0.451 bits per heavy atom. The number of phosphoric ester groups is 2. The summed E-state index contributed by atoms with van der Waals surface area (Å²) in [6, 6.07) is 0. The van der Waals surface area contributed by atoms with Crippen molar-refractivity contribution in [1.29, 1.82) is 0 Å². The summed E-state index contributed by atoms with van der Waals surface area (Å²) in [5.74, 6) is -0.601. The van der Waals surface area contributed by atoms with Gasteiger partial charge in [-0.25, -0.2) is 9.13 Å². The number of aliphatic hydroxyl groups excluding tert-OH is 1. The monoisotopic (exact) mass is 1490 g/mol. The number of ether oxygens (including phenoxy) is 4. The molecular formula is C83H162O17P2. The van der Waals surface area contributed by atoms with E-state index < -0.39 is 97.5 Å². The summed E-state index contributed by atoms with van der Waals surface area (Å²) >= 11 is 0. The van der Waals surface area contributed by atoms with Crippen LogP contribution in [0.1, 0.15) is 440 Å². The molecule has 0 radical (unpaired) electrons. The summed E-state index contributed by atoms with van der Waals surface area (Å²) in [4.78, 5) is 73.1. The molecule has 0 fully saturated rings. The second-order valence-corrected chi connectivity index (χ2v) is 33.7. The highest BCUT2D eigenvalue weighted by atomic mass is 31.2. The van der Waals surface area contributed by atoms with Gasteiger partial charge in [-0.15, -0.1) is 0 Å². The quantitative estimate of drug-likeness (QED) is 0.0222. The van der Waals surface area contributed by atoms with Crippen LogP contribution in [-0.2, 0) is 65.4 Å². The Kier molecular flexibility index (Phi) is 73.1. The number of hydrogen-bond donors (Lipinski definition) is 3. The third-order valence-electron chi connectivity index (χ3n) is 19.5. The first-order valence-electron chi connectivity index (χ1n) is 43.0. The van der Waals surface area contributed by atoms with E-state index in [9.17, 15) is 43.2 Å². The minimum absolute atomic E-state index is 0.108. The number of rotatable bonds is 82. The van der Waals surface area contributed by atoms with Gasteiger partial charge in [0.25, 0.3) is 0 Å². The number of carbonyl (C=O) groups excluding carboxylic acids is 4. The van der Waals surface area contributed by atoms with Crippen LogP contribution in [0, 0.1) is 11.8 Å². The van der Waals surface area contributed by atoms with Gasteiger partial charge in [-0.1, -0.05) is 388 Å². The molecule has 606 valence electrons. The van der Waals surface area contributed by atoms with Gasteiger partial charge >= 0.3 is 39.5 Å². The fourth-order valence-electron chi connectivity index (χ4n) is 12.9. The van der Waals surface area contributed by atoms with Crippen molar-refractivity contribution in [3.8, 4) is 0 Å². The topological polar surface area (TPSA) is 237 Å². The Bertz CT molecular complexity index is 1960. The molecule has 0 saturated carbocycles. The number of hydrogen-bond acceptors (Lipinski definition) is 15. The van der Waals surface area contributed by atoms with E-state index in [1.807, 2.05) is 0 Å². The van der Waals surface area contributed by atoms with E-state index in [4.69, 9.17) is 37.0 Å². The predicted molar refractivity (Wildman–Crippen MR) is 418 cm³/mol. The van der Waals surface area contributed by atoms with Gasteiger partial charge in [-0.2, -0.15) is 0 Å². The molecule has 0 aliphatic carbocycles. The number of unbranched alkanes of at least 4 members (excludes halogenated alkanes) is 52. The molecule has 19 heteroatoms. The van der Waals surface area contributed by atoms with Gasteiger partial charge in [0, 0.05) is 25.7 Å². The Morgan fingerprint density at radius 1 is 0.265 bits per heavy atom. The summed E-state index contributed by atoms with van der Waals surface area (Å²) in [5, 5.41) is 10.7. The number of carbonyl (C=O) groups is 4. The van der Waals surface area contributed by atoms with Gasteiger partial charge in [-0.05, 0) is 37.5 Å². The molecule has 0 bridgehead atoms. The normalized spacial score (nSPS) is 13.9. The van der Waals surface area contributed by atoms with Crippen molar-refractivity contribution in [2.45, 2.75) is 458 Å². The fourth-order valence-corrected chi connectivity index (χ4v) is 14.5. The second kappa shape index (κ2) is 74.5. The van der Waals surface area contributed by atoms with Gasteiger partial charge in [0.15, 0.2) is 12.2 Å². The number of phosphoric acid groups is 2. The first-order chi connectivity index (χ1) is 49.4. The van der Waals surface area contributed by atoms with Crippen molar-refractivity contribution in [3.63, 3.8) is 0 Å². The van der Waals surface area contributed by atoms with Gasteiger partial charge in [0.2, 0.25) is 0 Å². The maximum absolute atomic E-state index is 13.1. The molecule has 0 saturated heterocycles. The third-order valence-corrected chi connectivity index (χ3v) is 21.4. The van der Waals surface area contributed by atoms with E-state index in [2.05, 4.69) is 41.5 Å². The molecule has 2 unspecified atom stereocenters. The highest BCUT2D eigenvalue weighted by Crippen LogP contribution is 2.45. The van der Waals surface area contributed by atoms with Crippen molar-refractivity contribution < 1.29 is 80.2 Å². The van der Waals surface area contributed by atoms with Crippen LogP contribution in [0.3, 0.4) is 0 Å². The Labute approximate surface area is 626 Å². The molecule has 0 heterocycles. The van der Waals surface area contributed by atoms with Crippen LogP contribution in [0.2, 0.25) is 0 Å². The maximum Gasteiger partial charge on any atom is 0.472 e. The molecule has 0 aromatic heterocycles. The van der Waals surface area contributed by atoms with Gasteiger partial charge in [-0.3, -0.25) is 37.3 Å². The van der Waals surface area contributed by atoms with Crippen LogP contribution in [0.4, 0.5) is 0 Å². The van der Waals surface area contributed by atoms with Crippen molar-refractivity contribution in [2.24, 2.45) is 11.8 Å². The largest absolute Gasteiger partial charge is 0.472 e. The first kappa shape index (κ1) is 100. The molecule has 0 aliphatic rings. The first-order valence-corrected chi connectivity index (χ1v) is 46.0. The lowest BCUT2D eigenvalue weighted by Gasteiger charge is -2.21. The van der Waals surface area contributed by atoms with Crippen molar-refractivity contribution in [1.82, 2.24) is 0 Å². The van der Waals surface area contributed by atoms with Gasteiger partial charge < -0.3 is 33.8 Å². The lowest BCUT2D eigenvalue weighted by atomic mass is 10.0. The van der Waals surface area contributed by atoms with Crippen molar-refractivity contribution in [3.05, 3.63) is 0 Å². The van der Waals surface area contributed by atoms with E-state index >= 15 is 0 Å². The van der Waals surface area contributed by atoms with E-state index in [1.54, 1.807) is 0 Å². The molecule has 0 spiro atoms. The van der Waals surface area contributed by atoms with E-state index in [1.165, 1.54) is 250 Å². The summed E-state index contributed by atoms with van der Waals surface area (Å²) in [6.07, 6.45) is 65.3. The molecule has 0 rings (SSSR count). The zero-order valence-electron chi connectivity index (χ0n) is 66.9. The minimum atomic E-state index is -4.96. The van der Waals surface area contributed by atoms with Gasteiger partial charge in [0.05, 0.1) is 26.4 Å². The SMILES string of the molecule is CCCCCCCCCCCCCCCCCCCCC(=O)O[C@H](COC(=O)CCCCCCCCCCCCCCCCC(C)C)COP(=O)(O)OC[C@@H](O)COP(=O)(O)OC[C@@H](COC(=O)CCCCCCCCCC(C)C)OC(=O)CCCCCCCCCCCCCCCCCCC. The van der Waals surface area contributed by atoms with Crippen LogP contribution in [0.25, 0.3) is 0 Å². The molecule has 0 aromatic rings. The van der Waals surface area contributed by atoms with Crippen LogP contribution in [0.5, 0.6) is 0 Å². The highest BCUT2D eigenvalue weighted by molar-refractivity contribution is 7.47. The maximum atomic E-state index is 13.1. The van der Waals surface area contributed by atoms with Gasteiger partial charge in [0.1, 0.15) is 19.3 Å². The van der Waals surface area contributed by atoms with Crippen LogP contribution >= 0.6 is 15.6 Å². The molecule has 0 aliphatic heterocycles. The Balaban J connectivity index is 5.24. The van der Waals surface area contributed by atoms with E-state index in [0.717, 1.165) is 102 Å². The fraction of sp³-hybridized carbons (Fsp3) is 0.952. The minimum Gasteiger partial charge on any atom is -0.462 e. The standard InChI is InChI=1S/C83H162O17P2/c1-7-9-11-13-15-17-19-21-23-25-27-29-35-39-43-49-56-62-67-82(87)99-78(71-93-80(85)65-59-53-47-41-37-33-31-30-32-36-40-45-51-57-63-75(3)4)73-97-101(89,90)95-69-77(84)70-96-102(91,92)98-74-79(72-94-81(86)66-60-54-50-44-46-52-58-64-76(5)6)100-83(88)68-61-55-48-42-38-34-28-26-24-22-20-18-16-14-12-10-8-2/h75-79,84H,7-74H2,1-6H3,(H,89,90)(H,91,92)/t77-,78-,79-/m1/s1. The summed E-state index contributed by atoms with van der Waals surface area (Å²) < 4.78 is 68.8. The number of esters is 4.